The van der Waals surface area contributed by atoms with E-state index in [9.17, 15) is 15.6 Å². The first kappa shape index (κ1) is 33.5. The Kier molecular flexibility index (Phi) is 8.45. The molecule has 3 radical (unpaired) electrons. The van der Waals surface area contributed by atoms with Gasteiger partial charge in [-0.15, -0.1) is 30.8 Å². The number of rotatable bonds is 5. The second-order valence-corrected chi connectivity index (χ2v) is 17.2. The highest BCUT2D eigenvalue weighted by Gasteiger charge is 2.53. The van der Waals surface area contributed by atoms with E-state index in [-0.39, 0.29) is 22.9 Å². The van der Waals surface area contributed by atoms with Gasteiger partial charge in [0.05, 0.1) is 0 Å². The third-order valence-corrected chi connectivity index (χ3v) is 9.93. The highest BCUT2D eigenvalue weighted by molar-refractivity contribution is 7.71. The minimum absolute atomic E-state index is 0.00480. The van der Waals surface area contributed by atoms with Gasteiger partial charge in [-0.2, -0.15) is 9.97 Å². The standard InChI is InChI=1S/C30H53N8O3S/c1-25(2)13-19(14-26(3,4)36(25)39)31-22-32-23(34-24(42)33-22)35(20-15-27(5,6)37(40)28(7,8)16-20)21-17-29(9,10)38(41)30(11,12)18-21/h19-21H,13-18H2,1-12H3,(H2,31,32,33,34,42). The number of piperidine rings is 3. The predicted molar refractivity (Wildman–Crippen MR) is 164 cm³/mol. The molecule has 3 saturated heterocycles. The second-order valence-electron chi connectivity index (χ2n) is 16.8. The molecule has 12 heteroatoms. The average Bonchev–Trinajstić information content (AvgIpc) is 2.78. The molecule has 11 nitrogen and oxygen atoms in total. The lowest BCUT2D eigenvalue weighted by atomic mass is 9.75. The lowest BCUT2D eigenvalue weighted by molar-refractivity contribution is -0.294. The number of aromatic amines is 1. The molecule has 0 bridgehead atoms. The van der Waals surface area contributed by atoms with Gasteiger partial charge in [0.1, 0.15) is 0 Å². The summed E-state index contributed by atoms with van der Waals surface area (Å²) in [5.41, 5.74) is -3.45. The Morgan fingerprint density at radius 3 is 1.33 bits per heavy atom. The van der Waals surface area contributed by atoms with Crippen molar-refractivity contribution in [1.82, 2.24) is 30.1 Å². The van der Waals surface area contributed by atoms with E-state index in [1.54, 1.807) is 0 Å². The normalized spacial score (nSPS) is 28.5. The molecule has 237 valence electrons. The van der Waals surface area contributed by atoms with Gasteiger partial charge < -0.3 is 10.2 Å². The highest BCUT2D eigenvalue weighted by Crippen LogP contribution is 2.45. The molecule has 0 spiro atoms. The van der Waals surface area contributed by atoms with E-state index in [1.165, 1.54) is 15.2 Å². The third kappa shape index (κ3) is 6.36. The summed E-state index contributed by atoms with van der Waals surface area (Å²) in [6, 6.07) is -0.0415. The minimum Gasteiger partial charge on any atom is -0.353 e. The van der Waals surface area contributed by atoms with Crippen LogP contribution in [0.15, 0.2) is 0 Å². The molecule has 42 heavy (non-hydrogen) atoms. The van der Waals surface area contributed by atoms with Crippen molar-refractivity contribution in [2.45, 2.75) is 173 Å². The fourth-order valence-corrected chi connectivity index (χ4v) is 8.76. The molecule has 3 aliphatic rings. The lowest BCUT2D eigenvalue weighted by Gasteiger charge is -2.57. The van der Waals surface area contributed by atoms with Crippen LogP contribution in [0.4, 0.5) is 11.9 Å². The van der Waals surface area contributed by atoms with Crippen molar-refractivity contribution in [3.8, 4) is 0 Å². The number of anilines is 2. The summed E-state index contributed by atoms with van der Waals surface area (Å²) in [4.78, 5) is 15.1. The summed E-state index contributed by atoms with van der Waals surface area (Å²) in [5.74, 6) is 1.12. The monoisotopic (exact) mass is 605 g/mol. The summed E-state index contributed by atoms with van der Waals surface area (Å²) in [6.07, 6.45) is 3.84. The van der Waals surface area contributed by atoms with Crippen LogP contribution >= 0.6 is 12.2 Å². The predicted octanol–water partition coefficient (Wildman–Crippen LogP) is 5.85. The van der Waals surface area contributed by atoms with Gasteiger partial charge >= 0.3 is 0 Å². The summed E-state index contributed by atoms with van der Waals surface area (Å²) < 4.78 is 0.218. The Morgan fingerprint density at radius 2 is 0.976 bits per heavy atom. The molecule has 3 fully saturated rings. The topological polar surface area (TPSA) is 126 Å². The molecule has 2 N–H and O–H groups in total. The Morgan fingerprint density at radius 1 is 0.643 bits per heavy atom. The number of nitrogens with one attached hydrogen (secondary N) is 2. The number of aromatic nitrogens is 3. The van der Waals surface area contributed by atoms with E-state index in [1.807, 2.05) is 83.1 Å². The molecule has 0 amide bonds. The van der Waals surface area contributed by atoms with Gasteiger partial charge in [0.25, 0.3) is 0 Å². The van der Waals surface area contributed by atoms with Crippen LogP contribution in [0.5, 0.6) is 0 Å². The van der Waals surface area contributed by atoms with Gasteiger partial charge in [0.2, 0.25) is 16.7 Å². The SMILES string of the molecule is CC1(C)CC(Nc2nc(=S)nc(N(C3CC(C)(C)N([O])C(C)(C)C3)C3CC(C)(C)N([O])C(C)(C)C3)[nH]2)CC(C)(C)N1[O]. The molecule has 0 aliphatic carbocycles. The van der Waals surface area contributed by atoms with Crippen molar-refractivity contribution in [3.05, 3.63) is 4.77 Å². The van der Waals surface area contributed by atoms with Crippen LogP contribution in [-0.4, -0.2) is 81.5 Å². The zero-order valence-electron chi connectivity index (χ0n) is 27.8. The van der Waals surface area contributed by atoms with Crippen LogP contribution in [0.25, 0.3) is 0 Å². The second kappa shape index (κ2) is 10.6. The van der Waals surface area contributed by atoms with Crippen LogP contribution in [-0.2, 0) is 15.6 Å². The van der Waals surface area contributed by atoms with Gasteiger partial charge in [-0.05, 0) is 134 Å². The van der Waals surface area contributed by atoms with Crippen LogP contribution in [0.3, 0.4) is 0 Å². The summed E-state index contributed by atoms with van der Waals surface area (Å²) in [6.45, 7) is 23.9. The number of hydroxylamine groups is 6. The molecule has 3 aliphatic heterocycles. The van der Waals surface area contributed by atoms with E-state index in [2.05, 4.69) is 20.2 Å². The fourth-order valence-electron chi connectivity index (χ4n) is 8.58. The fraction of sp³-hybridized carbons (Fsp3) is 0.900. The van der Waals surface area contributed by atoms with Crippen LogP contribution < -0.4 is 10.2 Å². The largest absolute Gasteiger partial charge is 0.353 e. The van der Waals surface area contributed by atoms with E-state index < -0.39 is 33.2 Å². The number of hydrogen-bond donors (Lipinski definition) is 2. The Bertz CT molecular complexity index is 1120. The summed E-state index contributed by atoms with van der Waals surface area (Å²) in [5, 5.41) is 46.8. The number of H-pyrrole nitrogens is 1. The molecule has 0 saturated carbocycles. The smallest absolute Gasteiger partial charge is 0.225 e. The van der Waals surface area contributed by atoms with E-state index in [4.69, 9.17) is 17.2 Å². The number of nitrogens with zero attached hydrogens (tertiary/aromatic N) is 6. The maximum atomic E-state index is 13.3. The Hall–Kier alpha value is -1.41. The Labute approximate surface area is 257 Å². The van der Waals surface area contributed by atoms with Crippen molar-refractivity contribution in [3.63, 3.8) is 0 Å². The van der Waals surface area contributed by atoms with Crippen LogP contribution in [0.2, 0.25) is 0 Å². The lowest BCUT2D eigenvalue weighted by Crippen LogP contribution is -2.67. The van der Waals surface area contributed by atoms with Crippen molar-refractivity contribution in [1.29, 1.82) is 0 Å². The van der Waals surface area contributed by atoms with E-state index in [0.717, 1.165) is 0 Å². The molecule has 4 heterocycles. The summed E-state index contributed by atoms with van der Waals surface area (Å²) in [7, 11) is 0. The molecule has 0 unspecified atom stereocenters. The summed E-state index contributed by atoms with van der Waals surface area (Å²) >= 11 is 5.62. The molecule has 4 rings (SSSR count). The molecular formula is C30H53N8O3S. The van der Waals surface area contributed by atoms with Gasteiger partial charge in [0, 0.05) is 51.4 Å². The number of hydrogen-bond acceptors (Lipinski definition) is 8. The van der Waals surface area contributed by atoms with Gasteiger partial charge in [-0.25, -0.2) is 0 Å². The van der Waals surface area contributed by atoms with Crippen molar-refractivity contribution >= 4 is 24.1 Å². The minimum atomic E-state index is -0.594. The van der Waals surface area contributed by atoms with Crippen LogP contribution in [0.1, 0.15) is 122 Å². The molecule has 0 atom stereocenters. The average molecular weight is 606 g/mol. The molecule has 1 aromatic rings. The van der Waals surface area contributed by atoms with Crippen molar-refractivity contribution < 1.29 is 15.6 Å². The van der Waals surface area contributed by atoms with E-state index >= 15 is 0 Å². The van der Waals surface area contributed by atoms with Gasteiger partial charge in [-0.3, -0.25) is 4.98 Å². The van der Waals surface area contributed by atoms with Gasteiger partial charge in [0.15, 0.2) is 0 Å². The van der Waals surface area contributed by atoms with Gasteiger partial charge in [-0.1, -0.05) is 0 Å². The van der Waals surface area contributed by atoms with Crippen molar-refractivity contribution in [2.75, 3.05) is 10.2 Å². The highest BCUT2D eigenvalue weighted by atomic mass is 32.1. The van der Waals surface area contributed by atoms with E-state index in [0.29, 0.717) is 50.4 Å². The zero-order chi connectivity index (χ0) is 31.8. The first-order chi connectivity index (χ1) is 18.9. The first-order valence-corrected chi connectivity index (χ1v) is 15.7. The maximum absolute atomic E-state index is 13.3. The van der Waals surface area contributed by atoms with Crippen LogP contribution in [0, 0.1) is 4.77 Å². The maximum Gasteiger partial charge on any atom is 0.225 e. The quantitative estimate of drug-likeness (QED) is 0.400. The Balaban J connectivity index is 1.77. The third-order valence-electron chi connectivity index (χ3n) is 9.74. The molecular weight excluding hydrogens is 552 g/mol. The molecule has 1 aromatic heterocycles. The molecule has 0 aromatic carbocycles. The first-order valence-electron chi connectivity index (χ1n) is 15.3. The van der Waals surface area contributed by atoms with Crippen molar-refractivity contribution in [2.24, 2.45) is 0 Å². The zero-order valence-corrected chi connectivity index (χ0v) is 28.6.